The number of hydrogen-bond donors (Lipinski definition) is 1. The van der Waals surface area contributed by atoms with Gasteiger partial charge in [0.15, 0.2) is 0 Å². The summed E-state index contributed by atoms with van der Waals surface area (Å²) in [6, 6.07) is 10.3. The third-order valence-electron chi connectivity index (χ3n) is 3.05. The molecule has 1 aromatic heterocycles. The van der Waals surface area contributed by atoms with Crippen LogP contribution in [0.1, 0.15) is 38.7 Å². The van der Waals surface area contributed by atoms with Gasteiger partial charge >= 0.3 is 0 Å². The van der Waals surface area contributed by atoms with E-state index >= 15 is 0 Å². The van der Waals surface area contributed by atoms with E-state index in [2.05, 4.69) is 48.2 Å². The molecule has 1 aromatic carbocycles. The lowest BCUT2D eigenvalue weighted by molar-refractivity contribution is 0.844. The number of anilines is 1. The minimum absolute atomic E-state index is 0.385. The molecule has 0 saturated heterocycles. The van der Waals surface area contributed by atoms with Crippen molar-refractivity contribution in [2.24, 2.45) is 0 Å². The first kappa shape index (κ1) is 13.5. The first-order valence-electron chi connectivity index (χ1n) is 6.88. The first-order chi connectivity index (χ1) is 9.24. The Labute approximate surface area is 115 Å². The van der Waals surface area contributed by atoms with E-state index in [0.717, 1.165) is 30.0 Å². The Morgan fingerprint density at radius 2 is 1.84 bits per heavy atom. The van der Waals surface area contributed by atoms with Gasteiger partial charge in [0.05, 0.1) is 5.69 Å². The molecule has 0 radical (unpaired) electrons. The Morgan fingerprint density at radius 1 is 1.11 bits per heavy atom. The van der Waals surface area contributed by atoms with Crippen LogP contribution in [0, 0.1) is 0 Å². The van der Waals surface area contributed by atoms with E-state index in [1.54, 1.807) is 6.33 Å². The van der Waals surface area contributed by atoms with Gasteiger partial charge < -0.3 is 5.32 Å². The molecule has 0 saturated carbocycles. The van der Waals surface area contributed by atoms with E-state index in [1.165, 1.54) is 5.56 Å². The SMILES string of the molecule is CCCNc1ncnc(-c2ccccc2)c1C(C)C. The molecule has 0 aliphatic rings. The molecule has 0 unspecified atom stereocenters. The predicted molar refractivity (Wildman–Crippen MR) is 80.3 cm³/mol. The summed E-state index contributed by atoms with van der Waals surface area (Å²) in [6.07, 6.45) is 2.73. The Bertz CT molecular complexity index is 521. The molecule has 0 aliphatic heterocycles. The molecule has 1 N–H and O–H groups in total. The summed E-state index contributed by atoms with van der Waals surface area (Å²) >= 11 is 0. The monoisotopic (exact) mass is 255 g/mol. The molecule has 0 amide bonds. The van der Waals surface area contributed by atoms with Gasteiger partial charge in [-0.05, 0) is 12.3 Å². The maximum atomic E-state index is 4.49. The predicted octanol–water partition coefficient (Wildman–Crippen LogP) is 4.09. The highest BCUT2D eigenvalue weighted by Gasteiger charge is 2.15. The van der Waals surface area contributed by atoms with Crippen molar-refractivity contribution in [1.29, 1.82) is 0 Å². The zero-order valence-corrected chi connectivity index (χ0v) is 11.9. The average molecular weight is 255 g/mol. The lowest BCUT2D eigenvalue weighted by atomic mass is 9.97. The molecular weight excluding hydrogens is 234 g/mol. The van der Waals surface area contributed by atoms with Crippen LogP contribution in [0.5, 0.6) is 0 Å². The third kappa shape index (κ3) is 3.11. The van der Waals surface area contributed by atoms with Crippen LogP contribution in [0.4, 0.5) is 5.82 Å². The molecule has 0 aliphatic carbocycles. The fraction of sp³-hybridized carbons (Fsp3) is 0.375. The molecule has 3 nitrogen and oxygen atoms in total. The summed E-state index contributed by atoms with van der Waals surface area (Å²) < 4.78 is 0. The summed E-state index contributed by atoms with van der Waals surface area (Å²) in [4.78, 5) is 8.89. The van der Waals surface area contributed by atoms with Crippen molar-refractivity contribution in [2.45, 2.75) is 33.1 Å². The standard InChI is InChI=1S/C16H21N3/c1-4-10-17-16-14(12(2)3)15(18-11-19-16)13-8-6-5-7-9-13/h5-9,11-12H,4,10H2,1-3H3,(H,17,18,19). The number of benzene rings is 1. The molecule has 19 heavy (non-hydrogen) atoms. The largest absolute Gasteiger partial charge is 0.370 e. The summed E-state index contributed by atoms with van der Waals surface area (Å²) in [6.45, 7) is 7.46. The Hall–Kier alpha value is -1.90. The summed E-state index contributed by atoms with van der Waals surface area (Å²) in [5.74, 6) is 1.35. The molecule has 0 bridgehead atoms. The highest BCUT2D eigenvalue weighted by atomic mass is 15.0. The summed E-state index contributed by atoms with van der Waals surface area (Å²) in [7, 11) is 0. The first-order valence-corrected chi connectivity index (χ1v) is 6.88. The second-order valence-corrected chi connectivity index (χ2v) is 4.93. The molecule has 3 heteroatoms. The second kappa shape index (κ2) is 6.32. The summed E-state index contributed by atoms with van der Waals surface area (Å²) in [5, 5.41) is 3.40. The second-order valence-electron chi connectivity index (χ2n) is 4.93. The van der Waals surface area contributed by atoms with Crippen LogP contribution in [0.2, 0.25) is 0 Å². The van der Waals surface area contributed by atoms with Gasteiger partial charge in [-0.25, -0.2) is 9.97 Å². The fourth-order valence-electron chi connectivity index (χ4n) is 2.15. The molecule has 0 atom stereocenters. The van der Waals surface area contributed by atoms with Crippen LogP contribution in [0.15, 0.2) is 36.7 Å². The number of rotatable bonds is 5. The van der Waals surface area contributed by atoms with Crippen molar-refractivity contribution in [3.8, 4) is 11.3 Å². The van der Waals surface area contributed by atoms with E-state index in [0.29, 0.717) is 5.92 Å². The number of nitrogens with zero attached hydrogens (tertiary/aromatic N) is 2. The molecule has 1 heterocycles. The lowest BCUT2D eigenvalue weighted by Crippen LogP contribution is -2.08. The van der Waals surface area contributed by atoms with E-state index in [-0.39, 0.29) is 0 Å². The quantitative estimate of drug-likeness (QED) is 0.874. The number of aromatic nitrogens is 2. The third-order valence-corrected chi connectivity index (χ3v) is 3.05. The highest BCUT2D eigenvalue weighted by molar-refractivity contribution is 5.69. The maximum Gasteiger partial charge on any atom is 0.133 e. The minimum atomic E-state index is 0.385. The fourth-order valence-corrected chi connectivity index (χ4v) is 2.15. The topological polar surface area (TPSA) is 37.8 Å². The normalized spacial score (nSPS) is 10.7. The highest BCUT2D eigenvalue weighted by Crippen LogP contribution is 2.31. The van der Waals surface area contributed by atoms with Gasteiger partial charge in [-0.3, -0.25) is 0 Å². The molecule has 2 aromatic rings. The van der Waals surface area contributed by atoms with Crippen molar-refractivity contribution in [3.63, 3.8) is 0 Å². The van der Waals surface area contributed by atoms with Crippen molar-refractivity contribution in [1.82, 2.24) is 9.97 Å². The van der Waals surface area contributed by atoms with Gasteiger partial charge in [-0.2, -0.15) is 0 Å². The van der Waals surface area contributed by atoms with Crippen LogP contribution >= 0.6 is 0 Å². The van der Waals surface area contributed by atoms with Crippen molar-refractivity contribution in [2.75, 3.05) is 11.9 Å². The van der Waals surface area contributed by atoms with E-state index < -0.39 is 0 Å². The summed E-state index contributed by atoms with van der Waals surface area (Å²) in [5.41, 5.74) is 3.37. The van der Waals surface area contributed by atoms with Gasteiger partial charge in [0.25, 0.3) is 0 Å². The van der Waals surface area contributed by atoms with Crippen molar-refractivity contribution < 1.29 is 0 Å². The van der Waals surface area contributed by atoms with Gasteiger partial charge in [0.1, 0.15) is 12.1 Å². The Morgan fingerprint density at radius 3 is 2.47 bits per heavy atom. The zero-order valence-electron chi connectivity index (χ0n) is 11.9. The molecule has 2 rings (SSSR count). The average Bonchev–Trinajstić information content (AvgIpc) is 2.45. The van der Waals surface area contributed by atoms with Gasteiger partial charge in [-0.15, -0.1) is 0 Å². The maximum absolute atomic E-state index is 4.49. The van der Waals surface area contributed by atoms with Crippen LogP contribution in [-0.2, 0) is 0 Å². The van der Waals surface area contributed by atoms with Crippen LogP contribution < -0.4 is 5.32 Å². The minimum Gasteiger partial charge on any atom is -0.370 e. The van der Waals surface area contributed by atoms with Crippen molar-refractivity contribution >= 4 is 5.82 Å². The van der Waals surface area contributed by atoms with Gasteiger partial charge in [-0.1, -0.05) is 51.1 Å². The van der Waals surface area contributed by atoms with E-state index in [9.17, 15) is 0 Å². The smallest absolute Gasteiger partial charge is 0.133 e. The lowest BCUT2D eigenvalue weighted by Gasteiger charge is -2.16. The molecule has 0 spiro atoms. The Balaban J connectivity index is 2.49. The van der Waals surface area contributed by atoms with Crippen molar-refractivity contribution in [3.05, 3.63) is 42.2 Å². The van der Waals surface area contributed by atoms with E-state index in [1.807, 2.05) is 18.2 Å². The molecular formula is C16H21N3. The Kier molecular flexibility index (Phi) is 4.50. The zero-order chi connectivity index (χ0) is 13.7. The molecule has 0 fully saturated rings. The van der Waals surface area contributed by atoms with Gasteiger partial charge in [0, 0.05) is 17.7 Å². The van der Waals surface area contributed by atoms with Crippen LogP contribution in [0.3, 0.4) is 0 Å². The van der Waals surface area contributed by atoms with Crippen LogP contribution in [0.25, 0.3) is 11.3 Å². The van der Waals surface area contributed by atoms with Gasteiger partial charge in [0.2, 0.25) is 0 Å². The van der Waals surface area contributed by atoms with E-state index in [4.69, 9.17) is 0 Å². The number of hydrogen-bond acceptors (Lipinski definition) is 3. The number of nitrogens with one attached hydrogen (secondary N) is 1. The van der Waals surface area contributed by atoms with Crippen LogP contribution in [-0.4, -0.2) is 16.5 Å². The molecule has 100 valence electrons.